The van der Waals surface area contributed by atoms with Gasteiger partial charge in [-0.25, -0.2) is 0 Å². The van der Waals surface area contributed by atoms with E-state index in [2.05, 4.69) is 13.8 Å². The molecule has 4 rings (SSSR count). The standard InChI is InChI=1S/C20H30O3/c1-10-6-12-7-15(11(10)2)18(22)19(23)20(3)16(8-12)14-5-4-13(14)9-17(20)21/h10,12-14,16-18,21-22H,4-9H2,1-3H3/t10-,12+,13-,14-,16-,17?,18?,20-/m0/s1. The molecule has 128 valence electrons. The maximum absolute atomic E-state index is 13.2. The fourth-order valence-corrected chi connectivity index (χ4v) is 6.27. The molecule has 0 aromatic carbocycles. The third kappa shape index (κ3) is 2.05. The highest BCUT2D eigenvalue weighted by Crippen LogP contribution is 2.60. The Kier molecular flexibility index (Phi) is 3.55. The molecule has 2 unspecified atom stereocenters. The Bertz CT molecular complexity index is 565. The molecule has 3 nitrogen and oxygen atoms in total. The van der Waals surface area contributed by atoms with Crippen LogP contribution in [0.3, 0.4) is 0 Å². The SMILES string of the molecule is CC1=C2C[C@@H](C[C@@H]1C)C[C@H]1[C@H]3CC[C@H]3CC(O)[C@@]1(C)C(=O)C2O. The van der Waals surface area contributed by atoms with E-state index in [-0.39, 0.29) is 11.7 Å². The van der Waals surface area contributed by atoms with Crippen molar-refractivity contribution in [3.8, 4) is 0 Å². The first-order chi connectivity index (χ1) is 10.8. The highest BCUT2D eigenvalue weighted by molar-refractivity contribution is 5.92. The average Bonchev–Trinajstić information content (AvgIpc) is 2.49. The number of aliphatic hydroxyl groups excluding tert-OH is 2. The van der Waals surface area contributed by atoms with Crippen LogP contribution in [0, 0.1) is 35.0 Å². The predicted molar refractivity (Wildman–Crippen MR) is 88.7 cm³/mol. The van der Waals surface area contributed by atoms with Crippen LogP contribution in [0.2, 0.25) is 0 Å². The Hall–Kier alpha value is -0.670. The van der Waals surface area contributed by atoms with Gasteiger partial charge in [0.1, 0.15) is 6.10 Å². The molecule has 0 saturated heterocycles. The smallest absolute Gasteiger partial charge is 0.174 e. The van der Waals surface area contributed by atoms with Crippen LogP contribution in [0.25, 0.3) is 0 Å². The molecule has 23 heavy (non-hydrogen) atoms. The Morgan fingerprint density at radius 1 is 1.13 bits per heavy atom. The van der Waals surface area contributed by atoms with E-state index in [1.807, 2.05) is 6.92 Å². The number of hydrogen-bond acceptors (Lipinski definition) is 3. The lowest BCUT2D eigenvalue weighted by Crippen LogP contribution is -2.61. The summed E-state index contributed by atoms with van der Waals surface area (Å²) in [5, 5.41) is 21.7. The van der Waals surface area contributed by atoms with Crippen molar-refractivity contribution in [1.82, 2.24) is 0 Å². The second kappa shape index (κ2) is 5.16. The summed E-state index contributed by atoms with van der Waals surface area (Å²) in [6, 6.07) is 0. The highest BCUT2D eigenvalue weighted by Gasteiger charge is 2.60. The molecule has 4 aliphatic rings. The van der Waals surface area contributed by atoms with E-state index in [1.165, 1.54) is 18.4 Å². The zero-order valence-corrected chi connectivity index (χ0v) is 14.6. The van der Waals surface area contributed by atoms with Crippen LogP contribution in [0.4, 0.5) is 0 Å². The number of carbonyl (C=O) groups excluding carboxylic acids is 1. The van der Waals surface area contributed by atoms with Gasteiger partial charge in [-0.15, -0.1) is 0 Å². The average molecular weight is 318 g/mol. The number of Topliss-reactive ketones (excluding diaryl/α,β-unsaturated/α-hetero) is 1. The summed E-state index contributed by atoms with van der Waals surface area (Å²) in [4.78, 5) is 13.2. The van der Waals surface area contributed by atoms with E-state index in [0.717, 1.165) is 31.3 Å². The van der Waals surface area contributed by atoms with Crippen molar-refractivity contribution < 1.29 is 15.0 Å². The number of rotatable bonds is 0. The third-order valence-electron chi connectivity index (χ3n) is 8.12. The van der Waals surface area contributed by atoms with Gasteiger partial charge in [-0.3, -0.25) is 4.79 Å². The molecule has 8 atom stereocenters. The van der Waals surface area contributed by atoms with Gasteiger partial charge in [-0.2, -0.15) is 0 Å². The Labute approximate surface area is 139 Å². The lowest BCUT2D eigenvalue weighted by molar-refractivity contribution is -0.172. The van der Waals surface area contributed by atoms with Gasteiger partial charge in [0.25, 0.3) is 0 Å². The molecule has 0 spiro atoms. The van der Waals surface area contributed by atoms with E-state index in [0.29, 0.717) is 23.7 Å². The zero-order chi connectivity index (χ0) is 16.5. The third-order valence-corrected chi connectivity index (χ3v) is 8.12. The van der Waals surface area contributed by atoms with Gasteiger partial charge in [-0.05, 0) is 87.5 Å². The summed E-state index contributed by atoms with van der Waals surface area (Å²) in [6.07, 6.45) is 4.65. The predicted octanol–water partition coefficient (Wildman–Crippen LogP) is 3.10. The van der Waals surface area contributed by atoms with E-state index in [1.54, 1.807) is 0 Å². The van der Waals surface area contributed by atoms with Crippen molar-refractivity contribution in [3.63, 3.8) is 0 Å². The summed E-state index contributed by atoms with van der Waals surface area (Å²) in [5.41, 5.74) is 1.41. The van der Waals surface area contributed by atoms with Crippen LogP contribution in [-0.2, 0) is 4.79 Å². The van der Waals surface area contributed by atoms with E-state index in [4.69, 9.17) is 0 Å². The van der Waals surface area contributed by atoms with Gasteiger partial charge in [0.05, 0.1) is 11.5 Å². The van der Waals surface area contributed by atoms with Crippen molar-refractivity contribution >= 4 is 5.78 Å². The molecule has 2 N–H and O–H groups in total. The second-order valence-corrected chi connectivity index (χ2v) is 9.06. The topological polar surface area (TPSA) is 57.5 Å². The number of hydrogen-bond donors (Lipinski definition) is 2. The number of allylic oxidation sites excluding steroid dienone is 1. The zero-order valence-electron chi connectivity index (χ0n) is 14.6. The molecular weight excluding hydrogens is 288 g/mol. The molecule has 3 heteroatoms. The molecule has 0 aromatic rings. The van der Waals surface area contributed by atoms with E-state index < -0.39 is 17.6 Å². The van der Waals surface area contributed by atoms with Crippen molar-refractivity contribution in [1.29, 1.82) is 0 Å². The fourth-order valence-electron chi connectivity index (χ4n) is 6.27. The lowest BCUT2D eigenvalue weighted by atomic mass is 9.46. The molecule has 3 fully saturated rings. The van der Waals surface area contributed by atoms with E-state index >= 15 is 0 Å². The first-order valence-electron chi connectivity index (χ1n) is 9.44. The molecule has 2 bridgehead atoms. The summed E-state index contributed by atoms with van der Waals surface area (Å²) in [7, 11) is 0. The molecule has 0 aliphatic heterocycles. The van der Waals surface area contributed by atoms with Gasteiger partial charge in [0, 0.05) is 0 Å². The van der Waals surface area contributed by atoms with Crippen molar-refractivity contribution in [2.75, 3.05) is 0 Å². The lowest BCUT2D eigenvalue weighted by Gasteiger charge is -2.58. The molecule has 0 amide bonds. The normalized spacial score (nSPS) is 52.9. The van der Waals surface area contributed by atoms with Crippen molar-refractivity contribution in [2.24, 2.45) is 35.0 Å². The Morgan fingerprint density at radius 3 is 2.52 bits per heavy atom. The largest absolute Gasteiger partial charge is 0.392 e. The minimum Gasteiger partial charge on any atom is -0.392 e. The quantitative estimate of drug-likeness (QED) is 0.675. The fraction of sp³-hybridized carbons (Fsp3) is 0.850. The summed E-state index contributed by atoms with van der Waals surface area (Å²) >= 11 is 0. The maximum atomic E-state index is 13.2. The number of carbonyl (C=O) groups is 1. The van der Waals surface area contributed by atoms with Gasteiger partial charge < -0.3 is 10.2 Å². The molecule has 3 saturated carbocycles. The number of ketones is 1. The monoisotopic (exact) mass is 318 g/mol. The van der Waals surface area contributed by atoms with Crippen LogP contribution in [0.1, 0.15) is 59.3 Å². The summed E-state index contributed by atoms with van der Waals surface area (Å²) in [6.45, 7) is 6.25. The highest BCUT2D eigenvalue weighted by atomic mass is 16.3. The minimum atomic E-state index is -1.00. The molecular formula is C20H30O3. The molecule has 0 heterocycles. The molecule has 0 aromatic heterocycles. The van der Waals surface area contributed by atoms with Crippen molar-refractivity contribution in [2.45, 2.75) is 71.5 Å². The number of fused-ring (bicyclic) bond motifs is 5. The van der Waals surface area contributed by atoms with Crippen LogP contribution >= 0.6 is 0 Å². The van der Waals surface area contributed by atoms with Crippen LogP contribution < -0.4 is 0 Å². The van der Waals surface area contributed by atoms with Gasteiger partial charge in [0.15, 0.2) is 5.78 Å². The maximum Gasteiger partial charge on any atom is 0.174 e. The molecule has 0 radical (unpaired) electrons. The van der Waals surface area contributed by atoms with Gasteiger partial charge in [-0.1, -0.05) is 12.5 Å². The van der Waals surface area contributed by atoms with Crippen LogP contribution in [-0.4, -0.2) is 28.2 Å². The summed E-state index contributed by atoms with van der Waals surface area (Å²) < 4.78 is 0. The van der Waals surface area contributed by atoms with Crippen LogP contribution in [0.15, 0.2) is 11.1 Å². The van der Waals surface area contributed by atoms with E-state index in [9.17, 15) is 15.0 Å². The second-order valence-electron chi connectivity index (χ2n) is 9.06. The minimum absolute atomic E-state index is 0.109. The number of aliphatic hydroxyl groups is 2. The van der Waals surface area contributed by atoms with Crippen molar-refractivity contribution in [3.05, 3.63) is 11.1 Å². The first kappa shape index (κ1) is 15.8. The summed E-state index contributed by atoms with van der Waals surface area (Å²) in [5.74, 6) is 2.35. The first-order valence-corrected chi connectivity index (χ1v) is 9.44. The Morgan fingerprint density at radius 2 is 1.87 bits per heavy atom. The Balaban J connectivity index is 1.79. The van der Waals surface area contributed by atoms with Crippen LogP contribution in [0.5, 0.6) is 0 Å². The molecule has 4 aliphatic carbocycles. The van der Waals surface area contributed by atoms with Gasteiger partial charge in [0.2, 0.25) is 0 Å². The van der Waals surface area contributed by atoms with Gasteiger partial charge >= 0.3 is 0 Å².